The number of hydrogen-bond donors (Lipinski definition) is 1. The van der Waals surface area contributed by atoms with Crippen molar-refractivity contribution in [2.24, 2.45) is 0 Å². The van der Waals surface area contributed by atoms with Gasteiger partial charge in [0.25, 0.3) is 0 Å². The fraction of sp³-hybridized carbons (Fsp3) is 0.571. The van der Waals surface area contributed by atoms with Crippen LogP contribution in [-0.4, -0.2) is 39.8 Å². The maximum atomic E-state index is 10.6. The molecule has 0 radical (unpaired) electrons. The van der Waals surface area contributed by atoms with Crippen LogP contribution in [0.4, 0.5) is 0 Å². The standard InChI is InChI=1S/C14H22O5/c1-14(15,9-13(18-4)19-5)10-6-11(16-2)8-12(7-10)17-3/h6-8,13,15H,9H2,1-5H3. The molecule has 0 saturated carbocycles. The highest BCUT2D eigenvalue weighted by Gasteiger charge is 2.28. The topological polar surface area (TPSA) is 57.2 Å². The fourth-order valence-corrected chi connectivity index (χ4v) is 1.82. The van der Waals surface area contributed by atoms with Crippen molar-refractivity contribution >= 4 is 0 Å². The Labute approximate surface area is 114 Å². The minimum atomic E-state index is -1.11. The Morgan fingerprint density at radius 2 is 1.47 bits per heavy atom. The Balaban J connectivity index is 3.04. The van der Waals surface area contributed by atoms with Crippen LogP contribution in [0, 0.1) is 0 Å². The minimum absolute atomic E-state index is 0.302. The average molecular weight is 270 g/mol. The van der Waals surface area contributed by atoms with Gasteiger partial charge in [-0.2, -0.15) is 0 Å². The number of methoxy groups -OCH3 is 4. The molecule has 108 valence electrons. The number of aliphatic hydroxyl groups is 1. The molecule has 1 unspecified atom stereocenters. The van der Waals surface area contributed by atoms with E-state index in [4.69, 9.17) is 18.9 Å². The van der Waals surface area contributed by atoms with Crippen molar-refractivity contribution in [3.8, 4) is 11.5 Å². The molecule has 0 aliphatic carbocycles. The zero-order valence-corrected chi connectivity index (χ0v) is 12.1. The van der Waals surface area contributed by atoms with Gasteiger partial charge in [0.15, 0.2) is 6.29 Å². The lowest BCUT2D eigenvalue weighted by molar-refractivity contribution is -0.142. The number of benzene rings is 1. The molecule has 0 amide bonds. The molecule has 5 heteroatoms. The minimum Gasteiger partial charge on any atom is -0.497 e. The highest BCUT2D eigenvalue weighted by atomic mass is 16.7. The zero-order valence-electron chi connectivity index (χ0n) is 12.1. The lowest BCUT2D eigenvalue weighted by Gasteiger charge is -2.28. The van der Waals surface area contributed by atoms with Crippen LogP contribution in [0.1, 0.15) is 18.9 Å². The highest BCUT2D eigenvalue weighted by molar-refractivity contribution is 5.40. The van der Waals surface area contributed by atoms with Gasteiger partial charge in [0.05, 0.1) is 19.8 Å². The second-order valence-corrected chi connectivity index (χ2v) is 4.48. The van der Waals surface area contributed by atoms with Crippen LogP contribution in [0.2, 0.25) is 0 Å². The first kappa shape index (κ1) is 15.8. The van der Waals surface area contributed by atoms with Gasteiger partial charge in [0.2, 0.25) is 0 Å². The van der Waals surface area contributed by atoms with Crippen molar-refractivity contribution in [3.05, 3.63) is 23.8 Å². The van der Waals surface area contributed by atoms with Crippen LogP contribution < -0.4 is 9.47 Å². The Morgan fingerprint density at radius 1 is 1.00 bits per heavy atom. The summed E-state index contributed by atoms with van der Waals surface area (Å²) >= 11 is 0. The first-order valence-corrected chi connectivity index (χ1v) is 5.98. The van der Waals surface area contributed by atoms with E-state index >= 15 is 0 Å². The first-order chi connectivity index (χ1) is 8.96. The summed E-state index contributed by atoms with van der Waals surface area (Å²) in [5.41, 5.74) is -0.429. The summed E-state index contributed by atoms with van der Waals surface area (Å²) in [4.78, 5) is 0. The highest BCUT2D eigenvalue weighted by Crippen LogP contribution is 2.33. The molecule has 0 bridgehead atoms. The van der Waals surface area contributed by atoms with E-state index < -0.39 is 11.9 Å². The van der Waals surface area contributed by atoms with Gasteiger partial charge in [0, 0.05) is 26.7 Å². The molecule has 0 saturated heterocycles. The Hall–Kier alpha value is -1.30. The van der Waals surface area contributed by atoms with E-state index in [1.165, 1.54) is 14.2 Å². The van der Waals surface area contributed by atoms with E-state index in [0.717, 1.165) is 0 Å². The summed E-state index contributed by atoms with van der Waals surface area (Å²) in [6.07, 6.45) is -0.178. The summed E-state index contributed by atoms with van der Waals surface area (Å²) in [5.74, 6) is 1.25. The number of ether oxygens (including phenoxy) is 4. The molecular weight excluding hydrogens is 248 g/mol. The predicted molar refractivity (Wildman–Crippen MR) is 71.5 cm³/mol. The van der Waals surface area contributed by atoms with Crippen LogP contribution in [0.5, 0.6) is 11.5 Å². The van der Waals surface area contributed by atoms with Crippen molar-refractivity contribution in [2.75, 3.05) is 28.4 Å². The van der Waals surface area contributed by atoms with E-state index in [0.29, 0.717) is 23.5 Å². The van der Waals surface area contributed by atoms with Crippen molar-refractivity contribution in [1.82, 2.24) is 0 Å². The van der Waals surface area contributed by atoms with Gasteiger partial charge < -0.3 is 24.1 Å². The second kappa shape index (κ2) is 6.75. The smallest absolute Gasteiger partial charge is 0.159 e. The summed E-state index contributed by atoms with van der Waals surface area (Å²) in [5, 5.41) is 10.6. The van der Waals surface area contributed by atoms with Gasteiger partial charge in [-0.05, 0) is 24.6 Å². The van der Waals surface area contributed by atoms with Crippen LogP contribution in [0.3, 0.4) is 0 Å². The molecule has 1 aromatic carbocycles. The van der Waals surface area contributed by atoms with Gasteiger partial charge in [-0.25, -0.2) is 0 Å². The van der Waals surface area contributed by atoms with Gasteiger partial charge in [-0.15, -0.1) is 0 Å². The van der Waals surface area contributed by atoms with Crippen LogP contribution in [0.15, 0.2) is 18.2 Å². The first-order valence-electron chi connectivity index (χ1n) is 5.98. The number of hydrogen-bond acceptors (Lipinski definition) is 5. The lowest BCUT2D eigenvalue weighted by atomic mass is 9.92. The van der Waals surface area contributed by atoms with E-state index in [2.05, 4.69) is 0 Å². The third-order valence-electron chi connectivity index (χ3n) is 3.06. The molecular formula is C14H22O5. The Bertz CT molecular complexity index is 377. The molecule has 1 atom stereocenters. The van der Waals surface area contributed by atoms with Crippen LogP contribution >= 0.6 is 0 Å². The monoisotopic (exact) mass is 270 g/mol. The summed E-state index contributed by atoms with van der Waals surface area (Å²) in [6.45, 7) is 1.70. The van der Waals surface area contributed by atoms with Crippen LogP contribution in [0.25, 0.3) is 0 Å². The molecule has 0 spiro atoms. The lowest BCUT2D eigenvalue weighted by Crippen LogP contribution is -2.29. The number of rotatable bonds is 7. The van der Waals surface area contributed by atoms with E-state index in [1.54, 1.807) is 39.3 Å². The van der Waals surface area contributed by atoms with Gasteiger partial charge in [0.1, 0.15) is 11.5 Å². The quantitative estimate of drug-likeness (QED) is 0.767. The molecule has 0 aliphatic heterocycles. The van der Waals surface area contributed by atoms with Gasteiger partial charge in [-0.1, -0.05) is 0 Å². The molecule has 0 heterocycles. The third kappa shape index (κ3) is 4.09. The Kier molecular flexibility index (Phi) is 5.60. The van der Waals surface area contributed by atoms with Crippen molar-refractivity contribution in [1.29, 1.82) is 0 Å². The molecule has 0 aromatic heterocycles. The molecule has 0 aliphatic rings. The largest absolute Gasteiger partial charge is 0.497 e. The van der Waals surface area contributed by atoms with E-state index in [-0.39, 0.29) is 0 Å². The summed E-state index contributed by atoms with van der Waals surface area (Å²) < 4.78 is 20.6. The summed E-state index contributed by atoms with van der Waals surface area (Å²) in [7, 11) is 6.22. The van der Waals surface area contributed by atoms with Gasteiger partial charge >= 0.3 is 0 Å². The van der Waals surface area contributed by atoms with Crippen molar-refractivity contribution in [2.45, 2.75) is 25.2 Å². The maximum Gasteiger partial charge on any atom is 0.159 e. The molecule has 19 heavy (non-hydrogen) atoms. The van der Waals surface area contributed by atoms with E-state index in [9.17, 15) is 5.11 Å². The molecule has 5 nitrogen and oxygen atoms in total. The SMILES string of the molecule is COc1cc(OC)cc(C(C)(O)CC(OC)OC)c1. The maximum absolute atomic E-state index is 10.6. The molecule has 0 fully saturated rings. The van der Waals surface area contributed by atoms with Crippen LogP contribution in [-0.2, 0) is 15.1 Å². The second-order valence-electron chi connectivity index (χ2n) is 4.48. The average Bonchev–Trinajstić information content (AvgIpc) is 2.43. The fourth-order valence-electron chi connectivity index (χ4n) is 1.82. The molecule has 1 rings (SSSR count). The summed E-state index contributed by atoms with van der Waals surface area (Å²) in [6, 6.07) is 5.29. The molecule has 1 N–H and O–H groups in total. The van der Waals surface area contributed by atoms with E-state index in [1.807, 2.05) is 0 Å². The normalized spacial score (nSPS) is 14.3. The zero-order chi connectivity index (χ0) is 14.5. The Morgan fingerprint density at radius 3 is 1.84 bits per heavy atom. The van der Waals surface area contributed by atoms with Crippen molar-refractivity contribution < 1.29 is 24.1 Å². The predicted octanol–water partition coefficient (Wildman–Crippen LogP) is 1.92. The third-order valence-corrected chi connectivity index (χ3v) is 3.06. The molecule has 1 aromatic rings. The van der Waals surface area contributed by atoms with Crippen molar-refractivity contribution in [3.63, 3.8) is 0 Å². The van der Waals surface area contributed by atoms with Gasteiger partial charge in [-0.3, -0.25) is 0 Å².